The van der Waals surface area contributed by atoms with Crippen LogP contribution in [0.4, 0.5) is 0 Å². The number of carbonyl (C=O) groups excluding carboxylic acids is 2. The lowest BCUT2D eigenvalue weighted by molar-refractivity contribution is 0.0725. The number of ether oxygens (including phenoxy) is 4. The molecule has 5 rings (SSSR count). The zero-order valence-corrected chi connectivity index (χ0v) is 39.5. The van der Waals surface area contributed by atoms with Crippen LogP contribution in [0.15, 0.2) is 103 Å². The fourth-order valence-electron chi connectivity index (χ4n) is 7.86. The summed E-state index contributed by atoms with van der Waals surface area (Å²) in [4.78, 5) is 25.7. The van der Waals surface area contributed by atoms with Gasteiger partial charge >= 0.3 is 11.9 Å². The van der Waals surface area contributed by atoms with Crippen LogP contribution >= 0.6 is 0 Å². The van der Waals surface area contributed by atoms with Crippen molar-refractivity contribution in [3.8, 4) is 39.9 Å². The van der Waals surface area contributed by atoms with Crippen LogP contribution in [0.1, 0.15) is 189 Å². The number of carbonyl (C=O) groups is 2. The van der Waals surface area contributed by atoms with E-state index in [0.717, 1.165) is 35.6 Å². The van der Waals surface area contributed by atoms with Crippen LogP contribution < -0.4 is 18.9 Å². The van der Waals surface area contributed by atoms with E-state index in [4.69, 9.17) is 18.9 Å². The lowest BCUT2D eigenvalue weighted by Crippen LogP contribution is -2.08. The van der Waals surface area contributed by atoms with E-state index in [1.807, 2.05) is 54.7 Å². The summed E-state index contributed by atoms with van der Waals surface area (Å²) in [7, 11) is 0. The van der Waals surface area contributed by atoms with E-state index in [1.54, 1.807) is 53.2 Å². The summed E-state index contributed by atoms with van der Waals surface area (Å²) in [6, 6.07) is 28.4. The molecule has 0 fully saturated rings. The van der Waals surface area contributed by atoms with Crippen molar-refractivity contribution < 1.29 is 28.5 Å². The van der Waals surface area contributed by atoms with Crippen LogP contribution in [0.3, 0.4) is 0 Å². The van der Waals surface area contributed by atoms with Crippen molar-refractivity contribution in [1.82, 2.24) is 15.0 Å². The SMILES string of the molecule is CCCCCCCCCCCCCCOc1ccc(C(=O)Oc2ccc(-c3cn(-c4ccc(OC(=O)c5ccc(OCCCCCCCCCCCCCC)cc5)cc4)nn3)cc2)cc1. The van der Waals surface area contributed by atoms with Crippen LogP contribution in [-0.2, 0) is 0 Å². The minimum absolute atomic E-state index is 0.422. The highest BCUT2D eigenvalue weighted by molar-refractivity contribution is 5.91. The molecular weight excluding hydrogens is 811 g/mol. The van der Waals surface area contributed by atoms with Crippen LogP contribution in [0.25, 0.3) is 16.9 Å². The molecule has 9 heteroatoms. The number of esters is 2. The van der Waals surface area contributed by atoms with E-state index in [2.05, 4.69) is 24.2 Å². The van der Waals surface area contributed by atoms with Gasteiger partial charge in [-0.25, -0.2) is 14.3 Å². The quantitative estimate of drug-likeness (QED) is 0.0229. The highest BCUT2D eigenvalue weighted by Gasteiger charge is 2.13. The topological polar surface area (TPSA) is 102 Å². The third-order valence-electron chi connectivity index (χ3n) is 11.9. The smallest absolute Gasteiger partial charge is 0.343 e. The van der Waals surface area contributed by atoms with Gasteiger partial charge in [-0.2, -0.15) is 0 Å². The molecule has 1 heterocycles. The molecule has 0 saturated heterocycles. The molecule has 0 radical (unpaired) electrons. The number of benzene rings is 4. The van der Waals surface area contributed by atoms with Crippen LogP contribution in [0.2, 0.25) is 0 Å². The summed E-state index contributed by atoms with van der Waals surface area (Å²) in [5.74, 6) is 1.48. The molecule has 5 aromatic rings. The Labute approximate surface area is 389 Å². The maximum atomic E-state index is 12.9. The molecule has 0 aliphatic carbocycles. The van der Waals surface area contributed by atoms with E-state index in [-0.39, 0.29) is 0 Å². The van der Waals surface area contributed by atoms with Crippen molar-refractivity contribution in [2.75, 3.05) is 13.2 Å². The summed E-state index contributed by atoms with van der Waals surface area (Å²) in [5, 5.41) is 8.63. The summed E-state index contributed by atoms with van der Waals surface area (Å²) < 4.78 is 24.8. The molecule has 65 heavy (non-hydrogen) atoms. The third kappa shape index (κ3) is 19.7. The summed E-state index contributed by atoms with van der Waals surface area (Å²) in [5.41, 5.74) is 3.13. The maximum absolute atomic E-state index is 12.9. The second kappa shape index (κ2) is 30.7. The van der Waals surface area contributed by atoms with Crippen LogP contribution in [-0.4, -0.2) is 40.1 Å². The summed E-state index contributed by atoms with van der Waals surface area (Å²) in [6.45, 7) is 5.89. The molecule has 0 atom stereocenters. The van der Waals surface area contributed by atoms with Gasteiger partial charge in [0, 0.05) is 5.56 Å². The van der Waals surface area contributed by atoms with E-state index in [1.165, 1.54) is 141 Å². The Morgan fingerprint density at radius 1 is 0.415 bits per heavy atom. The zero-order chi connectivity index (χ0) is 45.6. The number of rotatable bonds is 34. The highest BCUT2D eigenvalue weighted by Crippen LogP contribution is 2.24. The minimum atomic E-state index is -0.440. The molecule has 0 spiro atoms. The van der Waals surface area contributed by atoms with Crippen molar-refractivity contribution in [3.05, 3.63) is 114 Å². The fraction of sp³-hybridized carbons (Fsp3) is 0.500. The first-order valence-electron chi connectivity index (χ1n) is 25.1. The molecule has 0 N–H and O–H groups in total. The Morgan fingerprint density at radius 3 is 1.14 bits per heavy atom. The Morgan fingerprint density at radius 2 is 0.754 bits per heavy atom. The van der Waals surface area contributed by atoms with Gasteiger partial charge in [0.05, 0.1) is 36.2 Å². The van der Waals surface area contributed by atoms with E-state index >= 15 is 0 Å². The van der Waals surface area contributed by atoms with Gasteiger partial charge in [0.15, 0.2) is 0 Å². The van der Waals surface area contributed by atoms with E-state index in [9.17, 15) is 9.59 Å². The van der Waals surface area contributed by atoms with Crippen molar-refractivity contribution in [3.63, 3.8) is 0 Å². The number of unbranched alkanes of at least 4 members (excludes halogenated alkanes) is 22. The molecule has 9 nitrogen and oxygen atoms in total. The van der Waals surface area contributed by atoms with E-state index in [0.29, 0.717) is 41.5 Å². The predicted molar refractivity (Wildman–Crippen MR) is 263 cm³/mol. The molecular formula is C56H75N3O6. The zero-order valence-electron chi connectivity index (χ0n) is 39.5. The average molecular weight is 886 g/mol. The number of hydrogen-bond acceptors (Lipinski definition) is 8. The first-order valence-corrected chi connectivity index (χ1v) is 25.1. The first kappa shape index (κ1) is 50.6. The van der Waals surface area contributed by atoms with Gasteiger partial charge in [0.2, 0.25) is 0 Å². The molecule has 0 aliphatic rings. The Kier molecular flexibility index (Phi) is 23.8. The average Bonchev–Trinajstić information content (AvgIpc) is 3.83. The van der Waals surface area contributed by atoms with Gasteiger partial charge in [-0.3, -0.25) is 0 Å². The van der Waals surface area contributed by atoms with Gasteiger partial charge in [-0.05, 0) is 110 Å². The first-order chi connectivity index (χ1) is 32.0. The minimum Gasteiger partial charge on any atom is -0.494 e. The number of hydrogen-bond donors (Lipinski definition) is 0. The standard InChI is InChI=1S/C56H75N3O6/c1-3-5-7-9-11-13-15-17-19-21-23-25-43-62-50-35-29-47(30-36-50)55(60)64-52-39-27-46(28-40-52)54-45-59(58-57-54)49-33-41-53(42-34-49)65-56(61)48-31-37-51(38-32-48)63-44-26-24-22-20-18-16-14-12-10-8-6-4-2/h27-42,45H,3-26,43-44H2,1-2H3. The van der Waals surface area contributed by atoms with Crippen molar-refractivity contribution in [1.29, 1.82) is 0 Å². The lowest BCUT2D eigenvalue weighted by Gasteiger charge is -2.08. The molecule has 1 aromatic heterocycles. The molecule has 0 amide bonds. The van der Waals surface area contributed by atoms with E-state index < -0.39 is 11.9 Å². The summed E-state index contributed by atoms with van der Waals surface area (Å²) >= 11 is 0. The number of nitrogens with zero attached hydrogens (tertiary/aromatic N) is 3. The molecule has 0 saturated carbocycles. The fourth-order valence-corrected chi connectivity index (χ4v) is 7.86. The van der Waals surface area contributed by atoms with Crippen LogP contribution in [0, 0.1) is 0 Å². The predicted octanol–water partition coefficient (Wildman–Crippen LogP) is 15.5. The Bertz CT molecular complexity index is 1880. The van der Waals surface area contributed by atoms with Gasteiger partial charge in [-0.15, -0.1) is 5.10 Å². The molecule has 4 aromatic carbocycles. The molecule has 0 aliphatic heterocycles. The highest BCUT2D eigenvalue weighted by atomic mass is 16.5. The molecule has 0 unspecified atom stereocenters. The Hall–Kier alpha value is -5.44. The second-order valence-electron chi connectivity index (χ2n) is 17.4. The van der Waals surface area contributed by atoms with Crippen LogP contribution in [0.5, 0.6) is 23.0 Å². The molecule has 0 bridgehead atoms. The Balaban J connectivity index is 0.945. The van der Waals surface area contributed by atoms with Gasteiger partial charge < -0.3 is 18.9 Å². The van der Waals surface area contributed by atoms with Gasteiger partial charge in [-0.1, -0.05) is 160 Å². The van der Waals surface area contributed by atoms with Gasteiger partial charge in [0.25, 0.3) is 0 Å². The van der Waals surface area contributed by atoms with Gasteiger partial charge in [0.1, 0.15) is 28.7 Å². The second-order valence-corrected chi connectivity index (χ2v) is 17.4. The monoisotopic (exact) mass is 886 g/mol. The van der Waals surface area contributed by atoms with Crippen molar-refractivity contribution in [2.45, 2.75) is 168 Å². The third-order valence-corrected chi connectivity index (χ3v) is 11.9. The molecule has 350 valence electrons. The number of aromatic nitrogens is 3. The van der Waals surface area contributed by atoms with Crippen molar-refractivity contribution in [2.24, 2.45) is 0 Å². The largest absolute Gasteiger partial charge is 0.494 e. The maximum Gasteiger partial charge on any atom is 0.343 e. The lowest BCUT2D eigenvalue weighted by atomic mass is 10.1. The summed E-state index contributed by atoms with van der Waals surface area (Å²) in [6.07, 6.45) is 33.3. The van der Waals surface area contributed by atoms with Crippen molar-refractivity contribution >= 4 is 11.9 Å². The normalized spacial score (nSPS) is 11.1.